The van der Waals surface area contributed by atoms with Crippen LogP contribution in [0.2, 0.25) is 0 Å². The molecular weight excluding hydrogens is 302 g/mol. The van der Waals surface area contributed by atoms with Gasteiger partial charge in [0.1, 0.15) is 11.3 Å². The smallest absolute Gasteiger partial charge is 0.295 e. The highest BCUT2D eigenvalue weighted by molar-refractivity contribution is 6.08. The third-order valence-electron chi connectivity index (χ3n) is 4.29. The van der Waals surface area contributed by atoms with Crippen LogP contribution in [0.3, 0.4) is 0 Å². The summed E-state index contributed by atoms with van der Waals surface area (Å²) in [5.41, 5.74) is 4.05. The van der Waals surface area contributed by atoms with Crippen LogP contribution in [-0.4, -0.2) is 21.9 Å². The first-order valence-electron chi connectivity index (χ1n) is 7.75. The van der Waals surface area contributed by atoms with Gasteiger partial charge in [-0.2, -0.15) is 9.78 Å². The molecule has 120 valence electrons. The van der Waals surface area contributed by atoms with E-state index >= 15 is 0 Å². The highest BCUT2D eigenvalue weighted by Gasteiger charge is 2.14. The van der Waals surface area contributed by atoms with Gasteiger partial charge in [0.05, 0.1) is 18.5 Å². The van der Waals surface area contributed by atoms with Crippen LogP contribution in [-0.2, 0) is 0 Å². The largest absolute Gasteiger partial charge is 0.497 e. The van der Waals surface area contributed by atoms with Crippen molar-refractivity contribution in [3.05, 3.63) is 64.1 Å². The van der Waals surface area contributed by atoms with Gasteiger partial charge in [0.25, 0.3) is 5.56 Å². The van der Waals surface area contributed by atoms with E-state index in [1.165, 1.54) is 4.68 Å². The maximum atomic E-state index is 12.9. The van der Waals surface area contributed by atoms with Crippen LogP contribution >= 0.6 is 0 Å². The molecule has 0 saturated carbocycles. The Labute approximate surface area is 138 Å². The van der Waals surface area contributed by atoms with E-state index in [1.807, 2.05) is 56.3 Å². The van der Waals surface area contributed by atoms with Gasteiger partial charge in [0.2, 0.25) is 0 Å². The fourth-order valence-corrected chi connectivity index (χ4v) is 3.10. The van der Waals surface area contributed by atoms with Crippen molar-refractivity contribution in [3.63, 3.8) is 0 Å². The number of rotatable bonds is 2. The van der Waals surface area contributed by atoms with Crippen molar-refractivity contribution in [2.24, 2.45) is 0 Å². The summed E-state index contributed by atoms with van der Waals surface area (Å²) in [6, 6.07) is 13.4. The van der Waals surface area contributed by atoms with Crippen LogP contribution in [0.15, 0.2) is 47.3 Å². The second-order valence-electron chi connectivity index (χ2n) is 5.92. The Hall–Kier alpha value is -3.08. The maximum absolute atomic E-state index is 12.9. The number of aromatic nitrogens is 3. The summed E-state index contributed by atoms with van der Waals surface area (Å²) in [6.45, 7) is 3.96. The lowest BCUT2D eigenvalue weighted by atomic mass is 10.1. The van der Waals surface area contributed by atoms with Crippen LogP contribution < -0.4 is 10.3 Å². The lowest BCUT2D eigenvalue weighted by Gasteiger charge is -2.07. The first-order chi connectivity index (χ1) is 11.6. The van der Waals surface area contributed by atoms with Gasteiger partial charge in [-0.15, -0.1) is 0 Å². The lowest BCUT2D eigenvalue weighted by molar-refractivity contribution is 0.414. The van der Waals surface area contributed by atoms with E-state index in [0.29, 0.717) is 11.2 Å². The Bertz CT molecular complexity index is 1120. The Morgan fingerprint density at radius 2 is 1.83 bits per heavy atom. The van der Waals surface area contributed by atoms with E-state index < -0.39 is 0 Å². The molecule has 0 saturated heterocycles. The molecule has 4 rings (SSSR count). The van der Waals surface area contributed by atoms with Crippen molar-refractivity contribution in [2.75, 3.05) is 7.11 Å². The number of nitrogens with zero attached hydrogens (tertiary/aromatic N) is 2. The average Bonchev–Trinajstić information content (AvgIpc) is 2.97. The molecule has 4 aromatic rings. The number of H-pyrrole nitrogens is 1. The number of hydrogen-bond donors (Lipinski definition) is 1. The molecule has 0 unspecified atom stereocenters. The number of fused-ring (bicyclic) bond motifs is 3. The van der Waals surface area contributed by atoms with Crippen LogP contribution in [0.5, 0.6) is 5.75 Å². The molecular formula is C19H17N3O2. The fourth-order valence-electron chi connectivity index (χ4n) is 3.10. The summed E-state index contributed by atoms with van der Waals surface area (Å²) in [4.78, 5) is 16.2. The van der Waals surface area contributed by atoms with Crippen LogP contribution in [0.1, 0.15) is 11.3 Å². The van der Waals surface area contributed by atoms with Crippen LogP contribution in [0, 0.1) is 13.8 Å². The van der Waals surface area contributed by atoms with Crippen molar-refractivity contribution in [1.82, 2.24) is 14.8 Å². The molecule has 0 radical (unpaired) electrons. The number of hydrogen-bond acceptors (Lipinski definition) is 3. The van der Waals surface area contributed by atoms with Gasteiger partial charge in [0.15, 0.2) is 0 Å². The molecule has 0 amide bonds. The summed E-state index contributed by atoms with van der Waals surface area (Å²) < 4.78 is 6.60. The standard InChI is InChI=1S/C19H17N3O2/c1-11-4-9-15-16(10-11)20-18-17(15)12(2)21-22(19(18)23)13-5-7-14(24-3)8-6-13/h4-10,20H,1-3H3. The number of benzene rings is 2. The minimum absolute atomic E-state index is 0.158. The van der Waals surface area contributed by atoms with Crippen molar-refractivity contribution in [1.29, 1.82) is 0 Å². The molecule has 0 aliphatic carbocycles. The molecule has 5 heteroatoms. The third kappa shape index (κ3) is 2.09. The van der Waals surface area contributed by atoms with E-state index in [9.17, 15) is 4.79 Å². The summed E-state index contributed by atoms with van der Waals surface area (Å²) in [7, 11) is 1.61. The Morgan fingerprint density at radius 3 is 2.54 bits per heavy atom. The van der Waals surface area contributed by atoms with Crippen molar-refractivity contribution >= 4 is 21.8 Å². The molecule has 0 fully saturated rings. The predicted octanol–water partition coefficient (Wildman–Crippen LogP) is 3.49. The summed E-state index contributed by atoms with van der Waals surface area (Å²) in [5.74, 6) is 0.741. The van der Waals surface area contributed by atoms with E-state index in [1.54, 1.807) is 7.11 Å². The highest BCUT2D eigenvalue weighted by atomic mass is 16.5. The lowest BCUT2D eigenvalue weighted by Crippen LogP contribution is -2.22. The number of methoxy groups -OCH3 is 1. The van der Waals surface area contributed by atoms with Gasteiger partial charge >= 0.3 is 0 Å². The van der Waals surface area contributed by atoms with E-state index in [-0.39, 0.29) is 5.56 Å². The molecule has 2 heterocycles. The van der Waals surface area contributed by atoms with Crippen LogP contribution in [0.25, 0.3) is 27.5 Å². The minimum atomic E-state index is -0.158. The molecule has 2 aromatic heterocycles. The van der Waals surface area contributed by atoms with E-state index in [2.05, 4.69) is 10.1 Å². The first-order valence-corrected chi connectivity index (χ1v) is 7.75. The predicted molar refractivity (Wildman–Crippen MR) is 95.2 cm³/mol. The van der Waals surface area contributed by atoms with Gasteiger partial charge < -0.3 is 9.72 Å². The molecule has 0 aliphatic rings. The summed E-state index contributed by atoms with van der Waals surface area (Å²) in [6.07, 6.45) is 0. The number of ether oxygens (including phenoxy) is 1. The topological polar surface area (TPSA) is 59.9 Å². The number of aryl methyl sites for hydroxylation is 2. The Balaban J connectivity index is 2.02. The van der Waals surface area contributed by atoms with E-state index in [4.69, 9.17) is 4.74 Å². The van der Waals surface area contributed by atoms with Crippen LogP contribution in [0.4, 0.5) is 0 Å². The SMILES string of the molecule is COc1ccc(-n2nc(C)c3c([nH]c4cc(C)ccc43)c2=O)cc1. The quantitative estimate of drug-likeness (QED) is 0.615. The maximum Gasteiger partial charge on any atom is 0.295 e. The molecule has 5 nitrogen and oxygen atoms in total. The van der Waals surface area contributed by atoms with Gasteiger partial charge in [0, 0.05) is 16.3 Å². The molecule has 24 heavy (non-hydrogen) atoms. The zero-order valence-electron chi connectivity index (χ0n) is 13.8. The molecule has 0 spiro atoms. The van der Waals surface area contributed by atoms with Crippen molar-refractivity contribution in [2.45, 2.75) is 13.8 Å². The highest BCUT2D eigenvalue weighted by Crippen LogP contribution is 2.26. The second kappa shape index (κ2) is 5.23. The number of aromatic amines is 1. The van der Waals surface area contributed by atoms with Gasteiger partial charge in [-0.25, -0.2) is 0 Å². The first kappa shape index (κ1) is 14.5. The zero-order chi connectivity index (χ0) is 16.8. The van der Waals surface area contributed by atoms with Gasteiger partial charge in [-0.05, 0) is 49.7 Å². The molecule has 0 bridgehead atoms. The minimum Gasteiger partial charge on any atom is -0.497 e. The third-order valence-corrected chi connectivity index (χ3v) is 4.29. The fraction of sp³-hybridized carbons (Fsp3) is 0.158. The molecule has 2 aromatic carbocycles. The Kier molecular flexibility index (Phi) is 3.16. The monoisotopic (exact) mass is 319 g/mol. The Morgan fingerprint density at radius 1 is 1.08 bits per heavy atom. The van der Waals surface area contributed by atoms with Gasteiger partial charge in [-0.1, -0.05) is 12.1 Å². The summed E-state index contributed by atoms with van der Waals surface area (Å²) in [5, 5.41) is 6.43. The van der Waals surface area contributed by atoms with Crippen molar-refractivity contribution < 1.29 is 4.74 Å². The molecule has 0 atom stereocenters. The number of nitrogens with one attached hydrogen (secondary N) is 1. The molecule has 1 N–H and O–H groups in total. The average molecular weight is 319 g/mol. The zero-order valence-corrected chi connectivity index (χ0v) is 13.8. The summed E-state index contributed by atoms with van der Waals surface area (Å²) >= 11 is 0. The van der Waals surface area contributed by atoms with Crippen molar-refractivity contribution in [3.8, 4) is 11.4 Å². The normalized spacial score (nSPS) is 11.3. The van der Waals surface area contributed by atoms with E-state index in [0.717, 1.165) is 33.3 Å². The second-order valence-corrected chi connectivity index (χ2v) is 5.92. The molecule has 0 aliphatic heterocycles. The van der Waals surface area contributed by atoms with Gasteiger partial charge in [-0.3, -0.25) is 4.79 Å².